The van der Waals surface area contributed by atoms with Gasteiger partial charge in [-0.15, -0.1) is 0 Å². The van der Waals surface area contributed by atoms with E-state index < -0.39 is 5.91 Å². The summed E-state index contributed by atoms with van der Waals surface area (Å²) in [6.45, 7) is 0.513. The molecule has 1 aromatic heterocycles. The Morgan fingerprint density at radius 1 is 1.21 bits per heavy atom. The van der Waals surface area contributed by atoms with Gasteiger partial charge >= 0.3 is 0 Å². The highest BCUT2D eigenvalue weighted by molar-refractivity contribution is 5.93. The van der Waals surface area contributed by atoms with E-state index in [0.29, 0.717) is 41.2 Å². The van der Waals surface area contributed by atoms with E-state index in [1.165, 1.54) is 13.4 Å². The van der Waals surface area contributed by atoms with Crippen molar-refractivity contribution < 1.29 is 19.1 Å². The second kappa shape index (κ2) is 9.36. The first-order valence-corrected chi connectivity index (χ1v) is 8.88. The largest absolute Gasteiger partial charge is 0.493 e. The number of methoxy groups -OCH3 is 1. The fourth-order valence-electron chi connectivity index (χ4n) is 2.77. The third-order valence-electron chi connectivity index (χ3n) is 4.17. The molecule has 0 saturated carbocycles. The number of benzene rings is 2. The lowest BCUT2D eigenvalue weighted by molar-refractivity contribution is -0.118. The Labute approximate surface area is 167 Å². The van der Waals surface area contributed by atoms with Crippen molar-refractivity contribution in [3.05, 3.63) is 48.3 Å². The summed E-state index contributed by atoms with van der Waals surface area (Å²) in [6.07, 6.45) is 2.19. The van der Waals surface area contributed by atoms with E-state index in [4.69, 9.17) is 15.2 Å². The Morgan fingerprint density at radius 2 is 2.03 bits per heavy atom. The summed E-state index contributed by atoms with van der Waals surface area (Å²) in [5, 5.41) is 6.65. The van der Waals surface area contributed by atoms with Crippen molar-refractivity contribution in [3.63, 3.8) is 0 Å². The van der Waals surface area contributed by atoms with Gasteiger partial charge in [-0.25, -0.2) is 9.97 Å². The maximum atomic E-state index is 11.0. The first kappa shape index (κ1) is 19.9. The molecular formula is C20H21N5O4. The smallest absolute Gasteiger partial charge is 0.220 e. The van der Waals surface area contributed by atoms with Gasteiger partial charge in [0.15, 0.2) is 11.5 Å². The molecule has 0 bridgehead atoms. The van der Waals surface area contributed by atoms with E-state index in [0.717, 1.165) is 11.3 Å². The molecular weight excluding hydrogens is 374 g/mol. The fraction of sp³-hybridized carbons (Fsp3) is 0.200. The molecule has 0 unspecified atom stereocenters. The van der Waals surface area contributed by atoms with Crippen molar-refractivity contribution in [2.75, 3.05) is 19.0 Å². The number of aromatic nitrogens is 2. The van der Waals surface area contributed by atoms with Crippen LogP contribution in [0.15, 0.2) is 42.7 Å². The van der Waals surface area contributed by atoms with E-state index in [1.54, 1.807) is 12.1 Å². The van der Waals surface area contributed by atoms with Crippen LogP contribution in [-0.4, -0.2) is 36.0 Å². The van der Waals surface area contributed by atoms with Crippen molar-refractivity contribution in [1.82, 2.24) is 15.3 Å². The number of amides is 2. The van der Waals surface area contributed by atoms with Gasteiger partial charge in [-0.3, -0.25) is 9.59 Å². The lowest BCUT2D eigenvalue weighted by Gasteiger charge is -2.15. The third kappa shape index (κ3) is 4.89. The Kier molecular flexibility index (Phi) is 6.41. The zero-order chi connectivity index (χ0) is 20.6. The van der Waals surface area contributed by atoms with Gasteiger partial charge in [0.1, 0.15) is 12.1 Å². The topological polar surface area (TPSA) is 128 Å². The van der Waals surface area contributed by atoms with Crippen molar-refractivity contribution in [2.24, 2.45) is 5.73 Å². The highest BCUT2D eigenvalue weighted by Crippen LogP contribution is 2.35. The molecule has 0 atom stereocenters. The summed E-state index contributed by atoms with van der Waals surface area (Å²) in [6, 6.07) is 11.1. The number of carbonyl (C=O) groups excluding carboxylic acids is 2. The number of carbonyl (C=O) groups is 2. The van der Waals surface area contributed by atoms with Crippen LogP contribution in [0.3, 0.4) is 0 Å². The zero-order valence-electron chi connectivity index (χ0n) is 15.8. The lowest BCUT2D eigenvalue weighted by Crippen LogP contribution is -2.14. The molecule has 0 aliphatic carbocycles. The van der Waals surface area contributed by atoms with Gasteiger partial charge in [-0.1, -0.05) is 18.2 Å². The van der Waals surface area contributed by atoms with Crippen LogP contribution in [0.5, 0.6) is 11.5 Å². The van der Waals surface area contributed by atoms with E-state index >= 15 is 0 Å². The second-order valence-corrected chi connectivity index (χ2v) is 6.09. The monoisotopic (exact) mass is 395 g/mol. The number of nitrogens with two attached hydrogens (primary N) is 1. The van der Waals surface area contributed by atoms with Gasteiger partial charge in [-0.2, -0.15) is 0 Å². The average Bonchev–Trinajstić information content (AvgIpc) is 2.72. The number of anilines is 2. The SMILES string of the molecule is COc1cc2ncnc(Nc3ccccc3CNC=O)c2cc1OCCC(N)=O. The molecule has 0 spiro atoms. The minimum atomic E-state index is -0.448. The van der Waals surface area contributed by atoms with Crippen LogP contribution in [-0.2, 0) is 16.1 Å². The van der Waals surface area contributed by atoms with E-state index in [9.17, 15) is 9.59 Å². The van der Waals surface area contributed by atoms with Gasteiger partial charge in [-0.05, 0) is 17.7 Å². The quantitative estimate of drug-likeness (QED) is 0.447. The molecule has 2 amide bonds. The number of hydrogen-bond donors (Lipinski definition) is 3. The van der Waals surface area contributed by atoms with Gasteiger partial charge in [0.05, 0.1) is 25.7 Å². The minimum absolute atomic E-state index is 0.0920. The lowest BCUT2D eigenvalue weighted by atomic mass is 10.1. The summed E-state index contributed by atoms with van der Waals surface area (Å²) >= 11 is 0. The van der Waals surface area contributed by atoms with Crippen molar-refractivity contribution in [3.8, 4) is 11.5 Å². The molecule has 0 aliphatic rings. The third-order valence-corrected chi connectivity index (χ3v) is 4.17. The number of primary amides is 1. The molecule has 3 rings (SSSR count). The minimum Gasteiger partial charge on any atom is -0.493 e. The van der Waals surface area contributed by atoms with Gasteiger partial charge < -0.3 is 25.8 Å². The summed E-state index contributed by atoms with van der Waals surface area (Å²) in [7, 11) is 1.53. The highest BCUT2D eigenvalue weighted by atomic mass is 16.5. The summed E-state index contributed by atoms with van der Waals surface area (Å²) in [5.74, 6) is 1.06. The highest BCUT2D eigenvalue weighted by Gasteiger charge is 2.13. The fourth-order valence-corrected chi connectivity index (χ4v) is 2.77. The number of nitrogens with zero attached hydrogens (tertiary/aromatic N) is 2. The standard InChI is InChI=1S/C20H21N5O4/c1-28-17-9-16-14(8-18(17)29-7-6-19(21)27)20(24-11-23-16)25-15-5-3-2-4-13(15)10-22-12-26/h2-5,8-9,11-12H,6-7,10H2,1H3,(H2,21,27)(H,22,26)(H,23,24,25). The molecule has 1 heterocycles. The van der Waals surface area contributed by atoms with Gasteiger partial charge in [0, 0.05) is 23.7 Å². The van der Waals surface area contributed by atoms with E-state index in [2.05, 4.69) is 20.6 Å². The first-order valence-electron chi connectivity index (χ1n) is 8.88. The molecule has 4 N–H and O–H groups in total. The van der Waals surface area contributed by atoms with Crippen molar-refractivity contribution >= 4 is 34.7 Å². The molecule has 0 aliphatic heterocycles. The number of nitrogens with one attached hydrogen (secondary N) is 2. The zero-order valence-corrected chi connectivity index (χ0v) is 15.8. The van der Waals surface area contributed by atoms with Crippen LogP contribution >= 0.6 is 0 Å². The number of para-hydroxylation sites is 1. The number of rotatable bonds is 10. The van der Waals surface area contributed by atoms with Crippen molar-refractivity contribution in [1.29, 1.82) is 0 Å². The molecule has 0 radical (unpaired) electrons. The Morgan fingerprint density at radius 3 is 2.79 bits per heavy atom. The van der Waals surface area contributed by atoms with E-state index in [-0.39, 0.29) is 13.0 Å². The molecule has 9 nitrogen and oxygen atoms in total. The Balaban J connectivity index is 1.96. The number of ether oxygens (including phenoxy) is 2. The summed E-state index contributed by atoms with van der Waals surface area (Å²) < 4.78 is 11.0. The predicted octanol–water partition coefficient (Wildman–Crippen LogP) is 1.88. The van der Waals surface area contributed by atoms with Crippen LogP contribution < -0.4 is 25.8 Å². The molecule has 150 valence electrons. The van der Waals surface area contributed by atoms with Gasteiger partial charge in [0.25, 0.3) is 0 Å². The maximum Gasteiger partial charge on any atom is 0.220 e. The molecule has 29 heavy (non-hydrogen) atoms. The first-order chi connectivity index (χ1) is 14.1. The number of fused-ring (bicyclic) bond motifs is 1. The van der Waals surface area contributed by atoms with Gasteiger partial charge in [0.2, 0.25) is 12.3 Å². The van der Waals surface area contributed by atoms with Crippen LogP contribution in [0.2, 0.25) is 0 Å². The van der Waals surface area contributed by atoms with Crippen molar-refractivity contribution in [2.45, 2.75) is 13.0 Å². The Bertz CT molecular complexity index is 1020. The molecule has 9 heteroatoms. The molecule has 3 aromatic rings. The number of hydrogen-bond acceptors (Lipinski definition) is 7. The maximum absolute atomic E-state index is 11.0. The second-order valence-electron chi connectivity index (χ2n) is 6.09. The summed E-state index contributed by atoms with van der Waals surface area (Å²) in [5.41, 5.74) is 7.53. The van der Waals surface area contributed by atoms with Crippen LogP contribution in [0.1, 0.15) is 12.0 Å². The molecule has 2 aromatic carbocycles. The molecule has 0 saturated heterocycles. The van der Waals surface area contributed by atoms with Crippen LogP contribution in [0, 0.1) is 0 Å². The van der Waals surface area contributed by atoms with Crippen LogP contribution in [0.25, 0.3) is 10.9 Å². The van der Waals surface area contributed by atoms with Crippen LogP contribution in [0.4, 0.5) is 11.5 Å². The predicted molar refractivity (Wildman–Crippen MR) is 108 cm³/mol. The summed E-state index contributed by atoms with van der Waals surface area (Å²) in [4.78, 5) is 30.3. The average molecular weight is 395 g/mol. The van der Waals surface area contributed by atoms with E-state index in [1.807, 2.05) is 24.3 Å². The normalized spacial score (nSPS) is 10.4. The molecule has 0 fully saturated rings. The Hall–Kier alpha value is -3.88.